The van der Waals surface area contributed by atoms with Gasteiger partial charge in [-0.2, -0.15) is 11.8 Å². The summed E-state index contributed by atoms with van der Waals surface area (Å²) in [5.74, 6) is 2.78. The maximum atomic E-state index is 12.7. The maximum Gasteiger partial charge on any atom is 0.225 e. The van der Waals surface area contributed by atoms with Gasteiger partial charge in [0.25, 0.3) is 0 Å². The lowest BCUT2D eigenvalue weighted by Crippen LogP contribution is -2.44. The number of sulfonamides is 1. The fourth-order valence-corrected chi connectivity index (χ4v) is 5.38. The van der Waals surface area contributed by atoms with E-state index in [2.05, 4.69) is 4.72 Å². The Morgan fingerprint density at radius 3 is 2.82 bits per heavy atom. The third-order valence-corrected chi connectivity index (χ3v) is 6.81. The number of fused-ring (bicyclic) bond motifs is 1. The second-order valence-electron chi connectivity index (χ2n) is 6.77. The van der Waals surface area contributed by atoms with Gasteiger partial charge >= 0.3 is 0 Å². The van der Waals surface area contributed by atoms with E-state index in [0.29, 0.717) is 32.8 Å². The van der Waals surface area contributed by atoms with Gasteiger partial charge in [0.15, 0.2) is 0 Å². The van der Waals surface area contributed by atoms with Crippen molar-refractivity contribution in [3.8, 4) is 0 Å². The minimum absolute atomic E-state index is 0.154. The van der Waals surface area contributed by atoms with Gasteiger partial charge in [0.2, 0.25) is 15.9 Å². The van der Waals surface area contributed by atoms with Crippen molar-refractivity contribution >= 4 is 27.7 Å². The van der Waals surface area contributed by atoms with Crippen molar-refractivity contribution in [3.63, 3.8) is 0 Å². The number of likely N-dealkylation sites (tertiary alicyclic amines) is 1. The van der Waals surface area contributed by atoms with Crippen molar-refractivity contribution in [1.82, 2.24) is 9.62 Å². The van der Waals surface area contributed by atoms with Crippen LogP contribution >= 0.6 is 11.8 Å². The molecule has 6 nitrogen and oxygen atoms in total. The monoisotopic (exact) mass is 348 g/mol. The van der Waals surface area contributed by atoms with E-state index in [1.54, 1.807) is 0 Å². The van der Waals surface area contributed by atoms with E-state index in [1.807, 2.05) is 16.7 Å². The van der Waals surface area contributed by atoms with E-state index in [0.717, 1.165) is 24.3 Å². The van der Waals surface area contributed by atoms with Crippen molar-refractivity contribution < 1.29 is 17.9 Å². The van der Waals surface area contributed by atoms with Crippen LogP contribution in [0.25, 0.3) is 0 Å². The van der Waals surface area contributed by atoms with E-state index in [1.165, 1.54) is 6.26 Å². The lowest BCUT2D eigenvalue weighted by molar-refractivity contribution is -0.135. The summed E-state index contributed by atoms with van der Waals surface area (Å²) in [6.07, 6.45) is 3.11. The third-order valence-electron chi connectivity index (χ3n) is 5.09. The van der Waals surface area contributed by atoms with E-state index in [4.69, 9.17) is 4.74 Å². The van der Waals surface area contributed by atoms with Gasteiger partial charge in [0, 0.05) is 36.9 Å². The van der Waals surface area contributed by atoms with Crippen molar-refractivity contribution in [2.75, 3.05) is 50.6 Å². The number of nitrogens with one attached hydrogen (secondary N) is 1. The molecule has 0 radical (unpaired) electrons. The van der Waals surface area contributed by atoms with Gasteiger partial charge < -0.3 is 9.64 Å². The first-order valence-corrected chi connectivity index (χ1v) is 10.8. The zero-order valence-corrected chi connectivity index (χ0v) is 14.5. The maximum absolute atomic E-state index is 12.7. The number of thioether (sulfide) groups is 1. The second-order valence-corrected chi connectivity index (χ2v) is 9.83. The number of amides is 1. The molecule has 0 aromatic carbocycles. The van der Waals surface area contributed by atoms with Crippen molar-refractivity contribution in [3.05, 3.63) is 0 Å². The zero-order valence-electron chi connectivity index (χ0n) is 12.9. The van der Waals surface area contributed by atoms with Crippen LogP contribution in [0.1, 0.15) is 12.8 Å². The summed E-state index contributed by atoms with van der Waals surface area (Å²) in [5, 5.41) is 0. The molecule has 3 rings (SSSR count). The average molecular weight is 348 g/mol. The van der Waals surface area contributed by atoms with Crippen LogP contribution < -0.4 is 4.72 Å². The number of hydrogen-bond donors (Lipinski definition) is 1. The molecule has 3 fully saturated rings. The normalized spacial score (nSPS) is 33.1. The van der Waals surface area contributed by atoms with Gasteiger partial charge in [-0.15, -0.1) is 0 Å². The Bertz CT molecular complexity index is 533. The predicted molar refractivity (Wildman–Crippen MR) is 86.2 cm³/mol. The lowest BCUT2D eigenvalue weighted by Gasteiger charge is -2.29. The summed E-state index contributed by atoms with van der Waals surface area (Å²) < 4.78 is 31.0. The Labute approximate surface area is 136 Å². The summed E-state index contributed by atoms with van der Waals surface area (Å²) >= 11 is 1.92. The molecule has 0 aromatic rings. The minimum atomic E-state index is -3.23. The predicted octanol–water partition coefficient (Wildman–Crippen LogP) is 0.154. The molecule has 1 N–H and O–H groups in total. The van der Waals surface area contributed by atoms with Crippen molar-refractivity contribution in [2.24, 2.45) is 17.3 Å². The van der Waals surface area contributed by atoms with E-state index in [-0.39, 0.29) is 23.2 Å². The molecule has 0 aliphatic carbocycles. The standard InChI is InChI=1S/C14H24N2O4S2/c1-22(18,19)15-8-14-9-16(6-12(14)7-20-10-14)13(17)11-2-4-21-5-3-11/h11-12,15H,2-10H2,1H3/t12-,14+/m0/s1. The Balaban J connectivity index is 1.66. The van der Waals surface area contributed by atoms with Crippen LogP contribution in [0.2, 0.25) is 0 Å². The summed E-state index contributed by atoms with van der Waals surface area (Å²) in [6.45, 7) is 2.83. The zero-order chi connectivity index (χ0) is 15.8. The second kappa shape index (κ2) is 6.30. The molecule has 0 saturated carbocycles. The first kappa shape index (κ1) is 16.5. The molecule has 0 unspecified atom stereocenters. The Morgan fingerprint density at radius 1 is 1.41 bits per heavy atom. The number of carbonyl (C=O) groups excluding carboxylic acids is 1. The summed E-state index contributed by atoms with van der Waals surface area (Å²) in [7, 11) is -3.23. The van der Waals surface area contributed by atoms with Crippen molar-refractivity contribution in [2.45, 2.75) is 12.8 Å². The van der Waals surface area contributed by atoms with E-state index >= 15 is 0 Å². The van der Waals surface area contributed by atoms with Crippen LogP contribution in [-0.4, -0.2) is 69.8 Å². The Morgan fingerprint density at radius 2 is 2.14 bits per heavy atom. The fourth-order valence-electron chi connectivity index (χ4n) is 3.73. The Kier molecular flexibility index (Phi) is 4.74. The highest BCUT2D eigenvalue weighted by molar-refractivity contribution is 7.99. The van der Waals surface area contributed by atoms with Gasteiger partial charge in [-0.25, -0.2) is 13.1 Å². The van der Waals surface area contributed by atoms with Crippen LogP contribution in [0, 0.1) is 17.3 Å². The SMILES string of the molecule is CS(=O)(=O)NC[C@@]12COC[C@@H]1CN(C(=O)C1CCSCC1)C2. The Hall–Kier alpha value is -0.310. The number of nitrogens with zero attached hydrogens (tertiary/aromatic N) is 1. The molecule has 126 valence electrons. The number of ether oxygens (including phenoxy) is 1. The fraction of sp³-hybridized carbons (Fsp3) is 0.929. The lowest BCUT2D eigenvalue weighted by atomic mass is 9.81. The van der Waals surface area contributed by atoms with E-state index < -0.39 is 10.0 Å². The van der Waals surface area contributed by atoms with E-state index in [9.17, 15) is 13.2 Å². The number of hydrogen-bond acceptors (Lipinski definition) is 5. The van der Waals surface area contributed by atoms with Gasteiger partial charge in [0.05, 0.1) is 19.5 Å². The van der Waals surface area contributed by atoms with Gasteiger partial charge in [-0.1, -0.05) is 0 Å². The third kappa shape index (κ3) is 3.44. The highest BCUT2D eigenvalue weighted by atomic mass is 32.2. The summed E-state index contributed by atoms with van der Waals surface area (Å²) in [6, 6.07) is 0. The van der Waals surface area contributed by atoms with Gasteiger partial charge in [-0.05, 0) is 24.3 Å². The van der Waals surface area contributed by atoms with Crippen LogP contribution in [-0.2, 0) is 19.6 Å². The molecule has 3 aliphatic rings. The molecule has 0 aromatic heterocycles. The van der Waals surface area contributed by atoms with Gasteiger partial charge in [-0.3, -0.25) is 4.79 Å². The molecule has 0 bridgehead atoms. The van der Waals surface area contributed by atoms with Crippen molar-refractivity contribution in [1.29, 1.82) is 0 Å². The highest BCUT2D eigenvalue weighted by Gasteiger charge is 2.52. The van der Waals surface area contributed by atoms with Crippen LogP contribution in [0.4, 0.5) is 0 Å². The minimum Gasteiger partial charge on any atom is -0.380 e. The van der Waals surface area contributed by atoms with Crippen LogP contribution in [0.3, 0.4) is 0 Å². The topological polar surface area (TPSA) is 75.7 Å². The molecule has 3 heterocycles. The molecule has 1 amide bonds. The first-order chi connectivity index (χ1) is 10.4. The molecule has 3 aliphatic heterocycles. The van der Waals surface area contributed by atoms with Gasteiger partial charge in [0.1, 0.15) is 0 Å². The molecule has 0 spiro atoms. The smallest absolute Gasteiger partial charge is 0.225 e. The first-order valence-electron chi connectivity index (χ1n) is 7.79. The summed E-state index contributed by atoms with van der Waals surface area (Å²) in [5.41, 5.74) is -0.248. The highest BCUT2D eigenvalue weighted by Crippen LogP contribution is 2.42. The summed E-state index contributed by atoms with van der Waals surface area (Å²) in [4.78, 5) is 14.7. The molecule has 22 heavy (non-hydrogen) atoms. The largest absolute Gasteiger partial charge is 0.380 e. The molecule has 3 saturated heterocycles. The molecular formula is C14H24N2O4S2. The number of carbonyl (C=O) groups is 1. The van der Waals surface area contributed by atoms with Crippen LogP contribution in [0.15, 0.2) is 0 Å². The molecular weight excluding hydrogens is 324 g/mol. The molecule has 2 atom stereocenters. The van der Waals surface area contributed by atoms with Crippen LogP contribution in [0.5, 0.6) is 0 Å². The number of rotatable bonds is 4. The average Bonchev–Trinajstić information content (AvgIpc) is 3.02. The quantitative estimate of drug-likeness (QED) is 0.783. The molecule has 8 heteroatoms.